The van der Waals surface area contributed by atoms with E-state index in [0.717, 1.165) is 6.54 Å². The highest BCUT2D eigenvalue weighted by Crippen LogP contribution is 2.14. The van der Waals surface area contributed by atoms with Crippen LogP contribution in [0.3, 0.4) is 0 Å². The predicted octanol–water partition coefficient (Wildman–Crippen LogP) is 2.65. The Balaban J connectivity index is 2.29. The summed E-state index contributed by atoms with van der Waals surface area (Å²) in [5.74, 6) is 0. The van der Waals surface area contributed by atoms with E-state index in [4.69, 9.17) is 0 Å². The van der Waals surface area contributed by atoms with E-state index in [-0.39, 0.29) is 0 Å². The standard InChI is InChI=1S/C11H19N/c1-3-12-10(2)9-11-7-5-4-6-8-11/h5,7-8,10,12H,3-4,6,9H2,1-2H3. The van der Waals surface area contributed by atoms with Crippen molar-refractivity contribution in [2.75, 3.05) is 6.54 Å². The zero-order valence-electron chi connectivity index (χ0n) is 8.14. The van der Waals surface area contributed by atoms with Crippen molar-refractivity contribution in [3.8, 4) is 0 Å². The summed E-state index contributed by atoms with van der Waals surface area (Å²) in [6.07, 6.45) is 10.5. The number of rotatable bonds is 4. The van der Waals surface area contributed by atoms with Crippen LogP contribution in [0.4, 0.5) is 0 Å². The van der Waals surface area contributed by atoms with Gasteiger partial charge in [0.15, 0.2) is 0 Å². The molecule has 0 amide bonds. The fraction of sp³-hybridized carbons (Fsp3) is 0.636. The molecule has 1 aliphatic carbocycles. The van der Waals surface area contributed by atoms with Crippen LogP contribution in [0.2, 0.25) is 0 Å². The summed E-state index contributed by atoms with van der Waals surface area (Å²) < 4.78 is 0. The molecule has 1 N–H and O–H groups in total. The molecule has 1 rings (SSSR count). The van der Waals surface area contributed by atoms with Gasteiger partial charge in [0.2, 0.25) is 0 Å². The Morgan fingerprint density at radius 3 is 2.92 bits per heavy atom. The normalized spacial score (nSPS) is 19.0. The van der Waals surface area contributed by atoms with Crippen LogP contribution in [0.1, 0.15) is 33.1 Å². The van der Waals surface area contributed by atoms with E-state index in [1.165, 1.54) is 24.8 Å². The van der Waals surface area contributed by atoms with E-state index in [2.05, 4.69) is 37.4 Å². The molecule has 0 saturated heterocycles. The van der Waals surface area contributed by atoms with Crippen molar-refractivity contribution in [3.05, 3.63) is 23.8 Å². The van der Waals surface area contributed by atoms with Crippen LogP contribution in [-0.2, 0) is 0 Å². The van der Waals surface area contributed by atoms with Crippen LogP contribution < -0.4 is 5.32 Å². The predicted molar refractivity (Wildman–Crippen MR) is 54.2 cm³/mol. The largest absolute Gasteiger partial charge is 0.314 e. The average Bonchev–Trinajstić information content (AvgIpc) is 2.06. The zero-order chi connectivity index (χ0) is 8.81. The van der Waals surface area contributed by atoms with Crippen LogP contribution in [0, 0.1) is 0 Å². The maximum atomic E-state index is 3.42. The first-order chi connectivity index (χ1) is 5.83. The Morgan fingerprint density at radius 2 is 2.33 bits per heavy atom. The topological polar surface area (TPSA) is 12.0 Å². The van der Waals surface area contributed by atoms with Crippen LogP contribution in [-0.4, -0.2) is 12.6 Å². The van der Waals surface area contributed by atoms with Gasteiger partial charge < -0.3 is 5.32 Å². The molecular formula is C11H19N. The van der Waals surface area contributed by atoms with Gasteiger partial charge in [0.05, 0.1) is 0 Å². The molecule has 0 spiro atoms. The third kappa shape index (κ3) is 3.22. The molecule has 0 bridgehead atoms. The van der Waals surface area contributed by atoms with Crippen molar-refractivity contribution in [1.29, 1.82) is 0 Å². The minimum absolute atomic E-state index is 0.615. The average molecular weight is 165 g/mol. The zero-order valence-corrected chi connectivity index (χ0v) is 8.14. The number of hydrogen-bond acceptors (Lipinski definition) is 1. The van der Waals surface area contributed by atoms with Crippen LogP contribution in [0.5, 0.6) is 0 Å². The molecular weight excluding hydrogens is 146 g/mol. The van der Waals surface area contributed by atoms with Gasteiger partial charge in [-0.3, -0.25) is 0 Å². The Morgan fingerprint density at radius 1 is 1.50 bits per heavy atom. The Kier molecular flexibility index (Phi) is 4.09. The molecule has 1 unspecified atom stereocenters. The molecule has 0 radical (unpaired) electrons. The maximum absolute atomic E-state index is 3.42. The molecule has 0 aromatic carbocycles. The van der Waals surface area contributed by atoms with E-state index in [1.54, 1.807) is 0 Å². The molecule has 1 atom stereocenters. The van der Waals surface area contributed by atoms with Gasteiger partial charge in [0.1, 0.15) is 0 Å². The highest BCUT2D eigenvalue weighted by atomic mass is 14.9. The van der Waals surface area contributed by atoms with Gasteiger partial charge in [-0.25, -0.2) is 0 Å². The lowest BCUT2D eigenvalue weighted by atomic mass is 10.0. The summed E-state index contributed by atoms with van der Waals surface area (Å²) in [5, 5.41) is 3.42. The van der Waals surface area contributed by atoms with E-state index in [0.29, 0.717) is 6.04 Å². The molecule has 12 heavy (non-hydrogen) atoms. The van der Waals surface area contributed by atoms with E-state index < -0.39 is 0 Å². The van der Waals surface area contributed by atoms with Gasteiger partial charge in [0, 0.05) is 6.04 Å². The third-order valence-electron chi connectivity index (χ3n) is 2.17. The number of nitrogens with one attached hydrogen (secondary N) is 1. The van der Waals surface area contributed by atoms with Crippen molar-refractivity contribution in [2.24, 2.45) is 0 Å². The molecule has 0 aromatic rings. The van der Waals surface area contributed by atoms with E-state index in [9.17, 15) is 0 Å². The Hall–Kier alpha value is -0.560. The van der Waals surface area contributed by atoms with Gasteiger partial charge in [-0.1, -0.05) is 30.7 Å². The molecule has 68 valence electrons. The van der Waals surface area contributed by atoms with Crippen LogP contribution in [0.15, 0.2) is 23.8 Å². The highest BCUT2D eigenvalue weighted by Gasteiger charge is 2.03. The molecule has 0 aliphatic heterocycles. The molecule has 1 heteroatoms. The highest BCUT2D eigenvalue weighted by molar-refractivity contribution is 5.22. The lowest BCUT2D eigenvalue weighted by Crippen LogP contribution is -2.25. The Bertz CT molecular complexity index is 179. The first kappa shape index (κ1) is 9.53. The second-order valence-corrected chi connectivity index (χ2v) is 3.42. The molecule has 0 saturated carbocycles. The van der Waals surface area contributed by atoms with Gasteiger partial charge in [-0.2, -0.15) is 0 Å². The summed E-state index contributed by atoms with van der Waals surface area (Å²) >= 11 is 0. The number of allylic oxidation sites excluding steroid dienone is 3. The second-order valence-electron chi connectivity index (χ2n) is 3.42. The number of hydrogen-bond donors (Lipinski definition) is 1. The fourth-order valence-electron chi connectivity index (χ4n) is 1.59. The second kappa shape index (κ2) is 5.15. The molecule has 1 nitrogen and oxygen atoms in total. The SMILES string of the molecule is CCNC(C)CC1=CCCC=C1. The van der Waals surface area contributed by atoms with Crippen molar-refractivity contribution < 1.29 is 0 Å². The monoisotopic (exact) mass is 165 g/mol. The minimum Gasteiger partial charge on any atom is -0.314 e. The Labute approximate surface area is 75.6 Å². The van der Waals surface area contributed by atoms with Gasteiger partial charge in [0.25, 0.3) is 0 Å². The van der Waals surface area contributed by atoms with Crippen LogP contribution in [0.25, 0.3) is 0 Å². The summed E-state index contributed by atoms with van der Waals surface area (Å²) in [6.45, 7) is 5.46. The first-order valence-electron chi connectivity index (χ1n) is 4.92. The van der Waals surface area contributed by atoms with Gasteiger partial charge >= 0.3 is 0 Å². The maximum Gasteiger partial charge on any atom is 0.00789 e. The van der Waals surface area contributed by atoms with E-state index >= 15 is 0 Å². The summed E-state index contributed by atoms with van der Waals surface area (Å²) in [5.41, 5.74) is 1.50. The smallest absolute Gasteiger partial charge is 0.00789 e. The summed E-state index contributed by atoms with van der Waals surface area (Å²) in [4.78, 5) is 0. The van der Waals surface area contributed by atoms with Crippen molar-refractivity contribution in [3.63, 3.8) is 0 Å². The minimum atomic E-state index is 0.615. The lowest BCUT2D eigenvalue weighted by Gasteiger charge is -2.14. The van der Waals surface area contributed by atoms with Crippen molar-refractivity contribution >= 4 is 0 Å². The van der Waals surface area contributed by atoms with E-state index in [1.807, 2.05) is 0 Å². The fourth-order valence-corrected chi connectivity index (χ4v) is 1.59. The molecule has 0 heterocycles. The molecule has 0 fully saturated rings. The van der Waals surface area contributed by atoms with Crippen molar-refractivity contribution in [1.82, 2.24) is 5.32 Å². The summed E-state index contributed by atoms with van der Waals surface area (Å²) in [7, 11) is 0. The van der Waals surface area contributed by atoms with Crippen molar-refractivity contribution in [2.45, 2.75) is 39.2 Å². The van der Waals surface area contributed by atoms with Crippen LogP contribution >= 0.6 is 0 Å². The summed E-state index contributed by atoms with van der Waals surface area (Å²) in [6, 6.07) is 0.615. The molecule has 1 aliphatic rings. The quantitative estimate of drug-likeness (QED) is 0.675. The first-order valence-corrected chi connectivity index (χ1v) is 4.92. The van der Waals surface area contributed by atoms with Gasteiger partial charge in [-0.05, 0) is 32.7 Å². The third-order valence-corrected chi connectivity index (χ3v) is 2.17. The molecule has 0 aromatic heterocycles. The lowest BCUT2D eigenvalue weighted by molar-refractivity contribution is 0.565. The van der Waals surface area contributed by atoms with Gasteiger partial charge in [-0.15, -0.1) is 0 Å².